The van der Waals surface area contributed by atoms with Crippen LogP contribution in [-0.4, -0.2) is 42.4 Å². The Labute approximate surface area is 177 Å². The predicted molar refractivity (Wildman–Crippen MR) is 107 cm³/mol. The highest BCUT2D eigenvalue weighted by Crippen LogP contribution is 2.28. The van der Waals surface area contributed by atoms with Gasteiger partial charge in [0.05, 0.1) is 11.1 Å². The van der Waals surface area contributed by atoms with Gasteiger partial charge in [0.25, 0.3) is 11.6 Å². The van der Waals surface area contributed by atoms with E-state index < -0.39 is 16.6 Å². The molecule has 4 aromatic rings. The summed E-state index contributed by atoms with van der Waals surface area (Å²) in [6.07, 6.45) is 1.25. The second-order valence-electron chi connectivity index (χ2n) is 6.23. The normalized spacial score (nSPS) is 11.0. The zero-order valence-electron chi connectivity index (χ0n) is 15.9. The van der Waals surface area contributed by atoms with Crippen molar-refractivity contribution in [3.63, 3.8) is 0 Å². The van der Waals surface area contributed by atoms with Gasteiger partial charge < -0.3 is 5.73 Å². The van der Waals surface area contributed by atoms with Crippen LogP contribution in [0.4, 0.5) is 15.9 Å². The fourth-order valence-corrected chi connectivity index (χ4v) is 2.73. The molecule has 32 heavy (non-hydrogen) atoms. The van der Waals surface area contributed by atoms with Crippen molar-refractivity contribution in [2.24, 2.45) is 5.10 Å². The number of halogens is 1. The van der Waals surface area contributed by atoms with Crippen LogP contribution in [0.2, 0.25) is 0 Å². The minimum atomic E-state index is -0.757. The Balaban J connectivity index is 1.70. The SMILES string of the molecule is Nc1nonc1-n1nnc(C(=O)N/N=C/c2cccc(F)c2)c1-c1ccc([N+](=O)[O-])cc1. The Morgan fingerprint density at radius 3 is 2.69 bits per heavy atom. The van der Waals surface area contributed by atoms with E-state index in [1.54, 1.807) is 6.07 Å². The van der Waals surface area contributed by atoms with Crippen molar-refractivity contribution in [3.05, 3.63) is 75.7 Å². The van der Waals surface area contributed by atoms with Gasteiger partial charge in [0.15, 0.2) is 5.69 Å². The molecule has 160 valence electrons. The second kappa shape index (κ2) is 8.39. The molecule has 0 radical (unpaired) electrons. The van der Waals surface area contributed by atoms with Gasteiger partial charge in [-0.25, -0.2) is 14.4 Å². The van der Waals surface area contributed by atoms with Gasteiger partial charge in [-0.1, -0.05) is 17.3 Å². The fraction of sp³-hybridized carbons (Fsp3) is 0. The molecule has 4 rings (SSSR count). The summed E-state index contributed by atoms with van der Waals surface area (Å²) in [5.41, 5.74) is 8.55. The molecular formula is C18H12FN9O4. The van der Waals surface area contributed by atoms with E-state index in [0.717, 1.165) is 4.68 Å². The van der Waals surface area contributed by atoms with Crippen molar-refractivity contribution in [2.75, 3.05) is 5.73 Å². The van der Waals surface area contributed by atoms with E-state index in [1.807, 2.05) is 0 Å². The topological polar surface area (TPSA) is 180 Å². The molecule has 0 fully saturated rings. The van der Waals surface area contributed by atoms with Gasteiger partial charge in [0.2, 0.25) is 11.6 Å². The smallest absolute Gasteiger partial charge is 0.294 e. The number of nitro groups is 1. The van der Waals surface area contributed by atoms with Crippen LogP contribution >= 0.6 is 0 Å². The Bertz CT molecular complexity index is 1330. The highest BCUT2D eigenvalue weighted by atomic mass is 19.1. The molecule has 2 aromatic heterocycles. The van der Waals surface area contributed by atoms with Crippen LogP contribution in [0.3, 0.4) is 0 Å². The molecule has 0 aliphatic rings. The second-order valence-corrected chi connectivity index (χ2v) is 6.23. The van der Waals surface area contributed by atoms with Crippen LogP contribution in [0.25, 0.3) is 17.1 Å². The number of carbonyl (C=O) groups is 1. The molecule has 0 unspecified atom stereocenters. The number of amides is 1. The van der Waals surface area contributed by atoms with Gasteiger partial charge in [0, 0.05) is 17.7 Å². The first-order valence-electron chi connectivity index (χ1n) is 8.82. The Kier molecular flexibility index (Phi) is 5.31. The summed E-state index contributed by atoms with van der Waals surface area (Å²) in [5, 5.41) is 29.6. The summed E-state index contributed by atoms with van der Waals surface area (Å²) in [7, 11) is 0. The Morgan fingerprint density at radius 2 is 2.03 bits per heavy atom. The zero-order chi connectivity index (χ0) is 22.7. The summed E-state index contributed by atoms with van der Waals surface area (Å²) in [6.45, 7) is 0. The van der Waals surface area contributed by atoms with Crippen molar-refractivity contribution >= 4 is 23.6 Å². The van der Waals surface area contributed by atoms with Crippen LogP contribution < -0.4 is 11.2 Å². The molecule has 14 heteroatoms. The summed E-state index contributed by atoms with van der Waals surface area (Å²) in [4.78, 5) is 23.1. The van der Waals surface area contributed by atoms with E-state index in [4.69, 9.17) is 5.73 Å². The maximum absolute atomic E-state index is 13.3. The van der Waals surface area contributed by atoms with E-state index in [-0.39, 0.29) is 28.7 Å². The third kappa shape index (κ3) is 4.00. The minimum absolute atomic E-state index is 0.0341. The maximum Gasteiger partial charge on any atom is 0.294 e. The van der Waals surface area contributed by atoms with Crippen molar-refractivity contribution in [1.82, 2.24) is 30.7 Å². The minimum Gasteiger partial charge on any atom is -0.378 e. The van der Waals surface area contributed by atoms with E-state index in [9.17, 15) is 19.3 Å². The number of nitrogen functional groups attached to an aromatic ring is 1. The number of aromatic nitrogens is 5. The molecule has 0 spiro atoms. The van der Waals surface area contributed by atoms with Crippen molar-refractivity contribution < 1.29 is 18.7 Å². The number of hydrazone groups is 1. The number of rotatable bonds is 6. The molecule has 1 amide bonds. The number of nitrogens with zero attached hydrogens (tertiary/aromatic N) is 7. The van der Waals surface area contributed by atoms with E-state index >= 15 is 0 Å². The maximum atomic E-state index is 13.3. The average Bonchev–Trinajstić information content (AvgIpc) is 3.39. The van der Waals surface area contributed by atoms with Crippen LogP contribution in [-0.2, 0) is 0 Å². The number of hydrogen-bond donors (Lipinski definition) is 2. The molecule has 2 heterocycles. The summed E-state index contributed by atoms with van der Waals surface area (Å²) in [6, 6.07) is 10.9. The van der Waals surface area contributed by atoms with Crippen molar-refractivity contribution in [2.45, 2.75) is 0 Å². The highest BCUT2D eigenvalue weighted by Gasteiger charge is 2.25. The van der Waals surface area contributed by atoms with Gasteiger partial charge in [0.1, 0.15) is 11.5 Å². The number of anilines is 1. The monoisotopic (exact) mass is 437 g/mol. The standard InChI is InChI=1S/C18H12FN9O4/c19-12-3-1-2-10(8-12)9-21-23-18(29)14-15(11-4-6-13(7-5-11)28(30)31)27(26-22-14)17-16(20)24-32-25-17/h1-9H,(H2,20,24)(H,23,29)/b21-9+. The van der Waals surface area contributed by atoms with Gasteiger partial charge in [-0.05, 0) is 40.1 Å². The Hall–Kier alpha value is -5.01. The van der Waals surface area contributed by atoms with Crippen LogP contribution in [0.1, 0.15) is 16.1 Å². The van der Waals surface area contributed by atoms with E-state index in [0.29, 0.717) is 11.1 Å². The van der Waals surface area contributed by atoms with Crippen LogP contribution in [0.5, 0.6) is 0 Å². The number of benzene rings is 2. The number of carbonyl (C=O) groups excluding carboxylic acids is 1. The molecule has 0 aliphatic carbocycles. The summed E-state index contributed by atoms with van der Waals surface area (Å²) in [5.74, 6) is -1.36. The summed E-state index contributed by atoms with van der Waals surface area (Å²) < 4.78 is 19.0. The number of hydrogen-bond acceptors (Lipinski definition) is 10. The number of nitrogens with two attached hydrogens (primary N) is 1. The van der Waals surface area contributed by atoms with Crippen LogP contribution in [0.15, 0.2) is 58.3 Å². The molecule has 13 nitrogen and oxygen atoms in total. The van der Waals surface area contributed by atoms with Gasteiger partial charge in [-0.15, -0.1) is 5.10 Å². The number of nitro benzene ring substituents is 1. The zero-order valence-corrected chi connectivity index (χ0v) is 15.9. The van der Waals surface area contributed by atoms with Gasteiger partial charge in [-0.3, -0.25) is 14.9 Å². The first-order valence-corrected chi connectivity index (χ1v) is 8.82. The lowest BCUT2D eigenvalue weighted by Crippen LogP contribution is -2.19. The first-order chi connectivity index (χ1) is 15.4. The first kappa shape index (κ1) is 20.3. The molecule has 0 bridgehead atoms. The third-order valence-corrected chi connectivity index (χ3v) is 4.16. The van der Waals surface area contributed by atoms with Crippen molar-refractivity contribution in [3.8, 4) is 17.1 Å². The lowest BCUT2D eigenvalue weighted by molar-refractivity contribution is -0.384. The van der Waals surface area contributed by atoms with Crippen LogP contribution in [0, 0.1) is 15.9 Å². The van der Waals surface area contributed by atoms with Crippen molar-refractivity contribution in [1.29, 1.82) is 0 Å². The fourth-order valence-electron chi connectivity index (χ4n) is 2.73. The number of non-ortho nitro benzene ring substituents is 1. The molecular weight excluding hydrogens is 425 g/mol. The van der Waals surface area contributed by atoms with Gasteiger partial charge >= 0.3 is 0 Å². The molecule has 0 aliphatic heterocycles. The van der Waals surface area contributed by atoms with Gasteiger partial charge in [-0.2, -0.15) is 9.78 Å². The highest BCUT2D eigenvalue weighted by molar-refractivity contribution is 5.98. The van der Waals surface area contributed by atoms with E-state index in [1.165, 1.54) is 48.7 Å². The van der Waals surface area contributed by atoms with E-state index in [2.05, 4.69) is 35.8 Å². The average molecular weight is 437 g/mol. The number of nitrogens with one attached hydrogen (secondary N) is 1. The third-order valence-electron chi connectivity index (χ3n) is 4.16. The largest absolute Gasteiger partial charge is 0.378 e. The lowest BCUT2D eigenvalue weighted by atomic mass is 10.1. The molecule has 2 aromatic carbocycles. The Morgan fingerprint density at radius 1 is 1.25 bits per heavy atom. The lowest BCUT2D eigenvalue weighted by Gasteiger charge is -2.05. The predicted octanol–water partition coefficient (Wildman–Crippen LogP) is 1.71. The molecule has 0 atom stereocenters. The quantitative estimate of drug-likeness (QED) is 0.258. The molecule has 0 saturated carbocycles. The summed E-state index contributed by atoms with van der Waals surface area (Å²) >= 11 is 0. The molecule has 0 saturated heterocycles. The molecule has 3 N–H and O–H groups in total.